The van der Waals surface area contributed by atoms with Gasteiger partial charge in [-0.2, -0.15) is 13.2 Å². The van der Waals surface area contributed by atoms with Crippen molar-refractivity contribution in [2.45, 2.75) is 25.6 Å². The molecule has 1 aromatic rings. The molecular weight excluding hydrogens is 288 g/mol. The second-order valence-corrected chi connectivity index (χ2v) is 4.75. The van der Waals surface area contributed by atoms with Crippen LogP contribution in [0, 0.1) is 12.3 Å². The van der Waals surface area contributed by atoms with E-state index < -0.39 is 22.4 Å². The molecule has 0 saturated heterocycles. The number of ether oxygens (including phenoxy) is 1. The van der Waals surface area contributed by atoms with Crippen LogP contribution in [0.3, 0.4) is 0 Å². The normalized spacial score (nSPS) is 12.1. The topological polar surface area (TPSA) is 9.23 Å². The van der Waals surface area contributed by atoms with Crippen molar-refractivity contribution in [1.29, 1.82) is 0 Å². The number of rotatable bonds is 2. The smallest absolute Gasteiger partial charge is 0.417 e. The molecule has 0 aliphatic rings. The fourth-order valence-electron chi connectivity index (χ4n) is 1.13. The van der Waals surface area contributed by atoms with Crippen molar-refractivity contribution in [1.82, 2.24) is 0 Å². The Labute approximate surface area is 113 Å². The van der Waals surface area contributed by atoms with Gasteiger partial charge in [-0.05, 0) is 26.0 Å². The molecule has 0 aliphatic carbocycles. The molecule has 0 radical (unpaired) electrons. The van der Waals surface area contributed by atoms with Crippen molar-refractivity contribution in [3.05, 3.63) is 27.7 Å². The number of benzene rings is 1. The summed E-state index contributed by atoms with van der Waals surface area (Å²) in [4.78, 5) is 0. The van der Waals surface area contributed by atoms with Gasteiger partial charge in [-0.25, -0.2) is 0 Å². The SMILES string of the molecule is C#CC(C)(C)Oc1ccc(C(F)(F)F)c(Cl)c1Cl. The van der Waals surface area contributed by atoms with Crippen LogP contribution in [0.4, 0.5) is 13.2 Å². The van der Waals surface area contributed by atoms with Crippen molar-refractivity contribution in [3.8, 4) is 18.1 Å². The zero-order valence-electron chi connectivity index (χ0n) is 9.53. The maximum absolute atomic E-state index is 12.5. The van der Waals surface area contributed by atoms with Crippen molar-refractivity contribution >= 4 is 23.2 Å². The van der Waals surface area contributed by atoms with E-state index in [2.05, 4.69) is 5.92 Å². The molecule has 0 unspecified atom stereocenters. The molecule has 0 spiro atoms. The van der Waals surface area contributed by atoms with Gasteiger partial charge in [-0.1, -0.05) is 29.1 Å². The maximum Gasteiger partial charge on any atom is 0.417 e. The minimum absolute atomic E-state index is 0.0117. The first kappa shape index (κ1) is 15.0. The standard InChI is InChI=1S/C12H9Cl2F3O/c1-4-11(2,3)18-8-6-5-7(12(15,16)17)9(13)10(8)14/h1,5-6H,2-3H3. The van der Waals surface area contributed by atoms with Crippen LogP contribution in [-0.4, -0.2) is 5.60 Å². The van der Waals surface area contributed by atoms with Gasteiger partial charge < -0.3 is 4.74 Å². The molecule has 6 heteroatoms. The van der Waals surface area contributed by atoms with Crippen LogP contribution in [0.2, 0.25) is 10.0 Å². The molecule has 0 saturated carbocycles. The molecule has 0 atom stereocenters. The van der Waals surface area contributed by atoms with Crippen LogP contribution in [0.1, 0.15) is 19.4 Å². The predicted octanol–water partition coefficient (Wildman–Crippen LogP) is 4.80. The van der Waals surface area contributed by atoms with E-state index in [1.165, 1.54) is 0 Å². The average Bonchev–Trinajstić information content (AvgIpc) is 2.23. The molecule has 0 N–H and O–H groups in total. The minimum atomic E-state index is -4.57. The van der Waals surface area contributed by atoms with Crippen molar-refractivity contribution in [3.63, 3.8) is 0 Å². The van der Waals surface area contributed by atoms with Gasteiger partial charge in [0.25, 0.3) is 0 Å². The zero-order chi connectivity index (χ0) is 14.1. The fraction of sp³-hybridized carbons (Fsp3) is 0.333. The average molecular weight is 297 g/mol. The number of terminal acetylenes is 1. The summed E-state index contributed by atoms with van der Waals surface area (Å²) in [5.41, 5.74) is -2.01. The van der Waals surface area contributed by atoms with Gasteiger partial charge in [0.05, 0.1) is 10.6 Å². The van der Waals surface area contributed by atoms with Crippen LogP contribution in [-0.2, 0) is 6.18 Å². The summed E-state index contributed by atoms with van der Waals surface area (Å²) in [6.45, 7) is 3.16. The van der Waals surface area contributed by atoms with Gasteiger partial charge in [0.15, 0.2) is 5.60 Å². The third-order valence-electron chi connectivity index (χ3n) is 2.06. The Morgan fingerprint density at radius 1 is 1.17 bits per heavy atom. The number of halogens is 5. The lowest BCUT2D eigenvalue weighted by molar-refractivity contribution is -0.137. The van der Waals surface area contributed by atoms with Gasteiger partial charge in [0.1, 0.15) is 10.8 Å². The highest BCUT2D eigenvalue weighted by Crippen LogP contribution is 2.42. The highest BCUT2D eigenvalue weighted by molar-refractivity contribution is 6.43. The second kappa shape index (κ2) is 4.91. The van der Waals surface area contributed by atoms with Crippen LogP contribution in [0.15, 0.2) is 12.1 Å². The molecule has 98 valence electrons. The molecule has 0 amide bonds. The Morgan fingerprint density at radius 2 is 1.72 bits per heavy atom. The summed E-state index contributed by atoms with van der Waals surface area (Å²) in [7, 11) is 0. The molecule has 0 heterocycles. The number of hydrogen-bond acceptors (Lipinski definition) is 1. The molecule has 0 bridgehead atoms. The lowest BCUT2D eigenvalue weighted by atomic mass is 10.1. The van der Waals surface area contributed by atoms with Crippen molar-refractivity contribution in [2.75, 3.05) is 0 Å². The molecular formula is C12H9Cl2F3O. The molecule has 1 nitrogen and oxygen atoms in total. The van der Waals surface area contributed by atoms with E-state index in [1.807, 2.05) is 0 Å². The van der Waals surface area contributed by atoms with Gasteiger partial charge in [0.2, 0.25) is 0 Å². The first-order valence-electron chi connectivity index (χ1n) is 4.80. The first-order chi connectivity index (χ1) is 8.08. The van der Waals surface area contributed by atoms with Crippen LogP contribution in [0.25, 0.3) is 0 Å². The summed E-state index contributed by atoms with van der Waals surface area (Å²) in [6.07, 6.45) is 0.642. The Balaban J connectivity index is 3.22. The molecule has 0 aromatic heterocycles. The summed E-state index contributed by atoms with van der Waals surface area (Å²) in [6, 6.07) is 1.90. The van der Waals surface area contributed by atoms with Crippen LogP contribution >= 0.6 is 23.2 Å². The highest BCUT2D eigenvalue weighted by atomic mass is 35.5. The van der Waals surface area contributed by atoms with Crippen molar-refractivity contribution in [2.24, 2.45) is 0 Å². The fourth-order valence-corrected chi connectivity index (χ4v) is 1.60. The van der Waals surface area contributed by atoms with Gasteiger partial charge >= 0.3 is 6.18 Å². The van der Waals surface area contributed by atoms with E-state index in [-0.39, 0.29) is 10.8 Å². The van der Waals surface area contributed by atoms with E-state index in [0.717, 1.165) is 12.1 Å². The quantitative estimate of drug-likeness (QED) is 0.712. The maximum atomic E-state index is 12.5. The van der Waals surface area contributed by atoms with E-state index >= 15 is 0 Å². The van der Waals surface area contributed by atoms with Crippen LogP contribution < -0.4 is 4.74 Å². The molecule has 0 aliphatic heterocycles. The Morgan fingerprint density at radius 3 is 2.17 bits per heavy atom. The molecule has 18 heavy (non-hydrogen) atoms. The lowest BCUT2D eigenvalue weighted by Crippen LogP contribution is -2.25. The Hall–Kier alpha value is -1.05. The van der Waals surface area contributed by atoms with E-state index in [4.69, 9.17) is 34.4 Å². The number of alkyl halides is 3. The van der Waals surface area contributed by atoms with Crippen LogP contribution in [0.5, 0.6) is 5.75 Å². The third-order valence-corrected chi connectivity index (χ3v) is 2.93. The lowest BCUT2D eigenvalue weighted by Gasteiger charge is -2.22. The third kappa shape index (κ3) is 3.24. The summed E-state index contributed by atoms with van der Waals surface area (Å²) in [5, 5.41) is -0.913. The number of hydrogen-bond donors (Lipinski definition) is 0. The van der Waals surface area contributed by atoms with E-state index in [1.54, 1.807) is 13.8 Å². The second-order valence-electron chi connectivity index (χ2n) is 3.99. The largest absolute Gasteiger partial charge is 0.474 e. The summed E-state index contributed by atoms with van der Waals surface area (Å²) >= 11 is 11.3. The minimum Gasteiger partial charge on any atom is -0.474 e. The van der Waals surface area contributed by atoms with Crippen molar-refractivity contribution < 1.29 is 17.9 Å². The van der Waals surface area contributed by atoms with Gasteiger partial charge in [0, 0.05) is 0 Å². The molecule has 1 aromatic carbocycles. The first-order valence-corrected chi connectivity index (χ1v) is 5.56. The monoisotopic (exact) mass is 296 g/mol. The molecule has 0 fully saturated rings. The van der Waals surface area contributed by atoms with E-state index in [9.17, 15) is 13.2 Å². The predicted molar refractivity (Wildman–Crippen MR) is 65.0 cm³/mol. The zero-order valence-corrected chi connectivity index (χ0v) is 11.0. The molecule has 1 rings (SSSR count). The van der Waals surface area contributed by atoms with Gasteiger partial charge in [-0.15, -0.1) is 6.42 Å². The highest BCUT2D eigenvalue weighted by Gasteiger charge is 2.35. The summed E-state index contributed by atoms with van der Waals surface area (Å²) in [5.74, 6) is 2.35. The van der Waals surface area contributed by atoms with Gasteiger partial charge in [-0.3, -0.25) is 0 Å². The Bertz CT molecular complexity index is 501. The van der Waals surface area contributed by atoms with E-state index in [0.29, 0.717) is 0 Å². The Kier molecular flexibility index (Phi) is 4.09. The summed E-state index contributed by atoms with van der Waals surface area (Å²) < 4.78 is 43.0.